The summed E-state index contributed by atoms with van der Waals surface area (Å²) in [5, 5.41) is 19.2. The third-order valence-corrected chi connectivity index (χ3v) is 7.04. The van der Waals surface area contributed by atoms with E-state index in [1.165, 1.54) is 12.1 Å². The number of hydrogen-bond donors (Lipinski definition) is 2. The van der Waals surface area contributed by atoms with E-state index in [4.69, 9.17) is 4.74 Å². The van der Waals surface area contributed by atoms with Crippen LogP contribution in [-0.2, 0) is 19.4 Å². The molecular formula is C16H20O6S. The number of esters is 1. The topological polar surface area (TPSA) is 101 Å². The summed E-state index contributed by atoms with van der Waals surface area (Å²) in [5.41, 5.74) is 0. The standard InChI is InChI=1S/C16H20O6S/c1-9-7-11-14(16(19)22-9)13(8-12(17)15(11)18)23(20,21)10-5-3-2-4-6-10/h2-6,9,11-15,17-18H,7-8H2,1H3/t9-,11+,12-,13-,14-,15+/m1/s1. The van der Waals surface area contributed by atoms with Crippen molar-refractivity contribution in [1.82, 2.24) is 0 Å². The molecule has 126 valence electrons. The minimum Gasteiger partial charge on any atom is -0.462 e. The van der Waals surface area contributed by atoms with Crippen LogP contribution in [0, 0.1) is 11.8 Å². The van der Waals surface area contributed by atoms with Crippen molar-refractivity contribution in [3.8, 4) is 0 Å². The van der Waals surface area contributed by atoms with Gasteiger partial charge in [0.05, 0.1) is 34.4 Å². The van der Waals surface area contributed by atoms with Gasteiger partial charge in [0.2, 0.25) is 0 Å². The Morgan fingerprint density at radius 3 is 2.43 bits per heavy atom. The number of rotatable bonds is 2. The summed E-state index contributed by atoms with van der Waals surface area (Å²) in [4.78, 5) is 12.4. The summed E-state index contributed by atoms with van der Waals surface area (Å²) in [6.45, 7) is 1.70. The van der Waals surface area contributed by atoms with E-state index in [0.717, 1.165) is 0 Å². The molecule has 6 atom stereocenters. The van der Waals surface area contributed by atoms with Gasteiger partial charge in [-0.3, -0.25) is 4.79 Å². The summed E-state index contributed by atoms with van der Waals surface area (Å²) in [6, 6.07) is 7.87. The number of carbonyl (C=O) groups is 1. The molecule has 1 aromatic carbocycles. The fourth-order valence-corrected chi connectivity index (χ4v) is 5.76. The zero-order chi connectivity index (χ0) is 16.8. The minimum absolute atomic E-state index is 0.110. The highest BCUT2D eigenvalue weighted by atomic mass is 32.2. The highest BCUT2D eigenvalue weighted by Gasteiger charge is 2.55. The van der Waals surface area contributed by atoms with Gasteiger partial charge in [0.25, 0.3) is 0 Å². The molecule has 2 fully saturated rings. The Labute approximate surface area is 135 Å². The fourth-order valence-electron chi connectivity index (χ4n) is 3.72. The van der Waals surface area contributed by atoms with E-state index in [9.17, 15) is 23.4 Å². The molecule has 0 aromatic heterocycles. The lowest BCUT2D eigenvalue weighted by atomic mass is 9.71. The van der Waals surface area contributed by atoms with Gasteiger partial charge in [0.15, 0.2) is 9.84 Å². The molecule has 0 spiro atoms. The lowest BCUT2D eigenvalue weighted by molar-refractivity contribution is -0.177. The lowest BCUT2D eigenvalue weighted by Gasteiger charge is -2.45. The van der Waals surface area contributed by atoms with E-state index in [2.05, 4.69) is 0 Å². The highest BCUT2D eigenvalue weighted by molar-refractivity contribution is 7.92. The van der Waals surface area contributed by atoms with Gasteiger partial charge in [-0.15, -0.1) is 0 Å². The zero-order valence-corrected chi connectivity index (χ0v) is 13.5. The van der Waals surface area contributed by atoms with Crippen LogP contribution in [0.1, 0.15) is 19.8 Å². The second kappa shape index (κ2) is 5.89. The normalized spacial score (nSPS) is 37.8. The van der Waals surface area contributed by atoms with Crippen LogP contribution in [0.2, 0.25) is 0 Å². The quantitative estimate of drug-likeness (QED) is 0.761. The van der Waals surface area contributed by atoms with Crippen molar-refractivity contribution in [2.24, 2.45) is 11.8 Å². The molecule has 7 heteroatoms. The number of fused-ring (bicyclic) bond motifs is 1. The maximum Gasteiger partial charge on any atom is 0.310 e. The van der Waals surface area contributed by atoms with Crippen molar-refractivity contribution in [3.05, 3.63) is 30.3 Å². The Morgan fingerprint density at radius 2 is 1.78 bits per heavy atom. The van der Waals surface area contributed by atoms with Crippen LogP contribution in [0.15, 0.2) is 35.2 Å². The third kappa shape index (κ3) is 2.77. The van der Waals surface area contributed by atoms with E-state index in [0.29, 0.717) is 6.42 Å². The van der Waals surface area contributed by atoms with Gasteiger partial charge in [-0.25, -0.2) is 8.42 Å². The maximum atomic E-state index is 12.9. The molecule has 1 heterocycles. The molecule has 1 aliphatic carbocycles. The van der Waals surface area contributed by atoms with Gasteiger partial charge >= 0.3 is 5.97 Å². The molecule has 1 aromatic rings. The summed E-state index contributed by atoms with van der Waals surface area (Å²) < 4.78 is 31.0. The first-order valence-electron chi connectivity index (χ1n) is 7.68. The third-order valence-electron chi connectivity index (χ3n) is 4.83. The van der Waals surface area contributed by atoms with Gasteiger partial charge in [-0.2, -0.15) is 0 Å². The number of cyclic esters (lactones) is 1. The average molecular weight is 340 g/mol. The van der Waals surface area contributed by atoms with Crippen LogP contribution in [0.5, 0.6) is 0 Å². The van der Waals surface area contributed by atoms with Gasteiger partial charge in [0, 0.05) is 5.92 Å². The molecule has 23 heavy (non-hydrogen) atoms. The molecule has 3 rings (SSSR count). The lowest BCUT2D eigenvalue weighted by Crippen LogP contribution is -2.57. The number of sulfone groups is 1. The SMILES string of the molecule is C[C@@H]1C[C@@H]2[C@H](O)[C@H](O)C[C@@H](S(=O)(=O)c3ccccc3)[C@@H]2C(=O)O1. The Kier molecular flexibility index (Phi) is 4.20. The van der Waals surface area contributed by atoms with Gasteiger partial charge in [-0.1, -0.05) is 18.2 Å². The van der Waals surface area contributed by atoms with Crippen molar-refractivity contribution in [3.63, 3.8) is 0 Å². The Hall–Kier alpha value is -1.44. The summed E-state index contributed by atoms with van der Waals surface area (Å²) in [7, 11) is -3.81. The van der Waals surface area contributed by atoms with E-state index >= 15 is 0 Å². The monoisotopic (exact) mass is 340 g/mol. The molecule has 0 unspecified atom stereocenters. The van der Waals surface area contributed by atoms with Gasteiger partial charge in [-0.05, 0) is 31.9 Å². The smallest absolute Gasteiger partial charge is 0.310 e. The molecule has 1 saturated carbocycles. The zero-order valence-electron chi connectivity index (χ0n) is 12.7. The first kappa shape index (κ1) is 16.4. The molecule has 1 saturated heterocycles. The van der Waals surface area contributed by atoms with Crippen molar-refractivity contribution in [2.45, 2.75) is 48.2 Å². The second-order valence-corrected chi connectivity index (χ2v) is 8.53. The predicted molar refractivity (Wildman–Crippen MR) is 81.2 cm³/mol. The molecule has 0 radical (unpaired) electrons. The van der Waals surface area contributed by atoms with Crippen molar-refractivity contribution < 1.29 is 28.2 Å². The summed E-state index contributed by atoms with van der Waals surface area (Å²) in [6.07, 6.45) is -2.52. The molecule has 0 bridgehead atoms. The van der Waals surface area contributed by atoms with Crippen molar-refractivity contribution in [2.75, 3.05) is 0 Å². The van der Waals surface area contributed by atoms with Crippen LogP contribution in [0.3, 0.4) is 0 Å². The Morgan fingerprint density at radius 1 is 1.13 bits per heavy atom. The van der Waals surface area contributed by atoms with Gasteiger partial charge in [0.1, 0.15) is 0 Å². The van der Waals surface area contributed by atoms with Crippen LogP contribution < -0.4 is 0 Å². The Balaban J connectivity index is 2.02. The number of hydrogen-bond acceptors (Lipinski definition) is 6. The predicted octanol–water partition coefficient (Wildman–Crippen LogP) is 0.522. The van der Waals surface area contributed by atoms with Crippen LogP contribution in [0.4, 0.5) is 0 Å². The van der Waals surface area contributed by atoms with Crippen LogP contribution in [0.25, 0.3) is 0 Å². The van der Waals surface area contributed by atoms with Gasteiger partial charge < -0.3 is 14.9 Å². The van der Waals surface area contributed by atoms with Crippen molar-refractivity contribution >= 4 is 15.8 Å². The van der Waals surface area contributed by atoms with E-state index < -0.39 is 51.2 Å². The van der Waals surface area contributed by atoms with Crippen molar-refractivity contribution in [1.29, 1.82) is 0 Å². The number of ether oxygens (including phenoxy) is 1. The largest absolute Gasteiger partial charge is 0.462 e. The summed E-state index contributed by atoms with van der Waals surface area (Å²) in [5.74, 6) is -2.17. The number of carbonyl (C=O) groups excluding carboxylic acids is 1. The minimum atomic E-state index is -3.81. The molecule has 1 aliphatic heterocycles. The average Bonchev–Trinajstić information content (AvgIpc) is 2.51. The maximum absolute atomic E-state index is 12.9. The van der Waals surface area contributed by atoms with Crippen LogP contribution in [-0.4, -0.2) is 48.2 Å². The van der Waals surface area contributed by atoms with Crippen LogP contribution >= 0.6 is 0 Å². The first-order valence-corrected chi connectivity index (χ1v) is 9.22. The molecule has 2 aliphatic rings. The fraction of sp³-hybridized carbons (Fsp3) is 0.562. The number of aliphatic hydroxyl groups is 2. The molecule has 0 amide bonds. The number of benzene rings is 1. The number of aliphatic hydroxyl groups excluding tert-OH is 2. The Bertz CT molecular complexity index is 686. The second-order valence-electron chi connectivity index (χ2n) is 6.36. The molecular weight excluding hydrogens is 320 g/mol. The first-order chi connectivity index (χ1) is 10.8. The highest BCUT2D eigenvalue weighted by Crippen LogP contribution is 2.43. The van der Waals surface area contributed by atoms with E-state index in [1.807, 2.05) is 0 Å². The molecule has 6 nitrogen and oxygen atoms in total. The molecule has 2 N–H and O–H groups in total. The van der Waals surface area contributed by atoms with E-state index in [1.54, 1.807) is 25.1 Å². The summed E-state index contributed by atoms with van der Waals surface area (Å²) >= 11 is 0. The van der Waals surface area contributed by atoms with E-state index in [-0.39, 0.29) is 11.3 Å².